The van der Waals surface area contributed by atoms with Crippen LogP contribution in [0.4, 0.5) is 10.1 Å². The number of benzene rings is 2. The van der Waals surface area contributed by atoms with Gasteiger partial charge < -0.3 is 10.3 Å². The lowest BCUT2D eigenvalue weighted by atomic mass is 10.1. The van der Waals surface area contributed by atoms with Gasteiger partial charge in [0.05, 0.1) is 5.56 Å². The first-order valence-corrected chi connectivity index (χ1v) is 7.03. The average Bonchev–Trinajstić information content (AvgIpc) is 2.87. The zero-order valence-corrected chi connectivity index (χ0v) is 12.5. The number of hydrogen-bond acceptors (Lipinski definition) is 4. The minimum Gasteiger partial charge on any atom is -0.398 e. The van der Waals surface area contributed by atoms with Crippen LogP contribution in [-0.2, 0) is 6.42 Å². The largest absolute Gasteiger partial charge is 0.398 e. The third-order valence-corrected chi connectivity index (χ3v) is 3.46. The van der Waals surface area contributed by atoms with E-state index in [4.69, 9.17) is 10.3 Å². The van der Waals surface area contributed by atoms with Crippen LogP contribution in [-0.4, -0.2) is 10.1 Å². The van der Waals surface area contributed by atoms with Crippen molar-refractivity contribution in [3.63, 3.8) is 0 Å². The summed E-state index contributed by atoms with van der Waals surface area (Å²) in [4.78, 5) is 4.30. The summed E-state index contributed by atoms with van der Waals surface area (Å²) in [7, 11) is 0. The van der Waals surface area contributed by atoms with Gasteiger partial charge in [-0.15, -0.1) is 0 Å². The average molecular weight is 348 g/mol. The van der Waals surface area contributed by atoms with E-state index in [1.54, 1.807) is 0 Å². The summed E-state index contributed by atoms with van der Waals surface area (Å²) >= 11 is 3.42. The molecule has 0 spiro atoms. The van der Waals surface area contributed by atoms with Crippen LogP contribution in [0.15, 0.2) is 51.5 Å². The molecule has 3 rings (SSSR count). The van der Waals surface area contributed by atoms with E-state index in [9.17, 15) is 4.39 Å². The van der Waals surface area contributed by atoms with E-state index in [2.05, 4.69) is 26.1 Å². The number of nitrogen functional groups attached to an aromatic ring is 1. The Hall–Kier alpha value is -2.21. The number of anilines is 1. The lowest BCUT2D eigenvalue weighted by molar-refractivity contribution is 0.424. The van der Waals surface area contributed by atoms with Crippen molar-refractivity contribution in [2.24, 2.45) is 0 Å². The molecular weight excluding hydrogens is 337 g/mol. The Morgan fingerprint density at radius 2 is 2.05 bits per heavy atom. The van der Waals surface area contributed by atoms with Gasteiger partial charge in [-0.05, 0) is 35.9 Å². The normalized spacial score (nSPS) is 10.8. The maximum atomic E-state index is 13.0. The molecule has 21 heavy (non-hydrogen) atoms. The molecule has 0 aliphatic carbocycles. The van der Waals surface area contributed by atoms with Crippen molar-refractivity contribution in [3.05, 3.63) is 64.1 Å². The van der Waals surface area contributed by atoms with Crippen molar-refractivity contribution in [2.75, 3.05) is 5.73 Å². The van der Waals surface area contributed by atoms with Gasteiger partial charge in [-0.1, -0.05) is 33.2 Å². The molecule has 1 aromatic heterocycles. The molecule has 0 radical (unpaired) electrons. The molecule has 0 atom stereocenters. The minimum atomic E-state index is -0.398. The van der Waals surface area contributed by atoms with Crippen LogP contribution >= 0.6 is 15.9 Å². The van der Waals surface area contributed by atoms with Gasteiger partial charge in [0.25, 0.3) is 5.89 Å². The molecule has 2 aromatic carbocycles. The number of nitrogens with two attached hydrogens (primary N) is 1. The fourth-order valence-electron chi connectivity index (χ4n) is 1.99. The molecule has 0 fully saturated rings. The van der Waals surface area contributed by atoms with Gasteiger partial charge in [0.2, 0.25) is 0 Å². The van der Waals surface area contributed by atoms with Crippen LogP contribution in [0.1, 0.15) is 11.4 Å². The summed E-state index contributed by atoms with van der Waals surface area (Å²) in [6.07, 6.45) is 0.546. The lowest BCUT2D eigenvalue weighted by Gasteiger charge is -1.99. The van der Waals surface area contributed by atoms with Crippen LogP contribution in [0.25, 0.3) is 11.5 Å². The number of nitrogens with zero attached hydrogens (tertiary/aromatic N) is 2. The van der Waals surface area contributed by atoms with Gasteiger partial charge in [-0.3, -0.25) is 0 Å². The summed E-state index contributed by atoms with van der Waals surface area (Å²) in [6.45, 7) is 0. The lowest BCUT2D eigenvalue weighted by Crippen LogP contribution is -1.93. The summed E-state index contributed by atoms with van der Waals surface area (Å²) in [6, 6.07) is 11.9. The van der Waals surface area contributed by atoms with E-state index in [0.29, 0.717) is 17.8 Å². The molecular formula is C15H11BrFN3O. The van der Waals surface area contributed by atoms with Crippen LogP contribution in [0.2, 0.25) is 0 Å². The maximum absolute atomic E-state index is 13.0. The molecule has 0 unspecified atom stereocenters. The number of hydrogen-bond donors (Lipinski definition) is 1. The molecule has 0 saturated carbocycles. The number of aromatic nitrogens is 2. The quantitative estimate of drug-likeness (QED) is 0.731. The molecule has 1 heterocycles. The summed E-state index contributed by atoms with van der Waals surface area (Å²) in [5, 5.41) is 3.93. The highest BCUT2D eigenvalue weighted by Gasteiger charge is 2.12. The second kappa shape index (κ2) is 5.65. The number of halogens is 2. The first kappa shape index (κ1) is 13.8. The fourth-order valence-corrected chi connectivity index (χ4v) is 2.44. The second-order valence-corrected chi connectivity index (χ2v) is 5.47. The Morgan fingerprint density at radius 3 is 2.81 bits per heavy atom. The van der Waals surface area contributed by atoms with Gasteiger partial charge in [-0.2, -0.15) is 4.98 Å². The monoisotopic (exact) mass is 347 g/mol. The van der Waals surface area contributed by atoms with E-state index >= 15 is 0 Å². The Bertz CT molecular complexity index is 788. The van der Waals surface area contributed by atoms with E-state index in [1.807, 2.05) is 24.3 Å². The van der Waals surface area contributed by atoms with Crippen molar-refractivity contribution in [1.82, 2.24) is 10.1 Å². The summed E-state index contributed by atoms with van der Waals surface area (Å²) in [5.41, 5.74) is 7.62. The standard InChI is InChI=1S/C15H11BrFN3O/c16-10-3-1-2-9(6-10)7-14-19-15(21-20-14)12-5-4-11(17)8-13(12)18/h1-6,8H,7,18H2. The van der Waals surface area contributed by atoms with Crippen LogP contribution in [0.3, 0.4) is 0 Å². The minimum absolute atomic E-state index is 0.271. The van der Waals surface area contributed by atoms with Gasteiger partial charge in [0, 0.05) is 16.6 Å². The van der Waals surface area contributed by atoms with Crippen molar-refractivity contribution in [1.29, 1.82) is 0 Å². The summed E-state index contributed by atoms with van der Waals surface area (Å²) in [5.74, 6) is 0.439. The maximum Gasteiger partial charge on any atom is 0.260 e. The smallest absolute Gasteiger partial charge is 0.260 e. The SMILES string of the molecule is Nc1cc(F)ccc1-c1nc(Cc2cccc(Br)c2)no1. The molecule has 0 bridgehead atoms. The topological polar surface area (TPSA) is 64.9 Å². The first-order valence-electron chi connectivity index (χ1n) is 6.24. The number of rotatable bonds is 3. The highest BCUT2D eigenvalue weighted by molar-refractivity contribution is 9.10. The second-order valence-electron chi connectivity index (χ2n) is 4.55. The van der Waals surface area contributed by atoms with Gasteiger partial charge in [0.1, 0.15) is 5.82 Å². The molecule has 2 N–H and O–H groups in total. The Morgan fingerprint density at radius 1 is 1.19 bits per heavy atom. The zero-order valence-electron chi connectivity index (χ0n) is 10.9. The Balaban J connectivity index is 1.86. The van der Waals surface area contributed by atoms with Gasteiger partial charge in [-0.25, -0.2) is 4.39 Å². The molecule has 0 aliphatic heterocycles. The molecule has 3 aromatic rings. The fraction of sp³-hybridized carbons (Fsp3) is 0.0667. The summed E-state index contributed by atoms with van der Waals surface area (Å²) < 4.78 is 19.2. The van der Waals surface area contributed by atoms with E-state index in [0.717, 1.165) is 10.0 Å². The molecule has 0 aliphatic rings. The van der Waals surface area contributed by atoms with E-state index in [-0.39, 0.29) is 11.6 Å². The molecule has 0 amide bonds. The van der Waals surface area contributed by atoms with Crippen molar-refractivity contribution in [3.8, 4) is 11.5 Å². The van der Waals surface area contributed by atoms with Gasteiger partial charge in [0.15, 0.2) is 5.82 Å². The highest BCUT2D eigenvalue weighted by Crippen LogP contribution is 2.25. The van der Waals surface area contributed by atoms with Crippen LogP contribution in [0, 0.1) is 5.82 Å². The molecule has 4 nitrogen and oxygen atoms in total. The third-order valence-electron chi connectivity index (χ3n) is 2.96. The predicted octanol–water partition coefficient (Wildman–Crippen LogP) is 3.81. The highest BCUT2D eigenvalue weighted by atomic mass is 79.9. The third kappa shape index (κ3) is 3.11. The predicted molar refractivity (Wildman–Crippen MR) is 81.1 cm³/mol. The Kier molecular flexibility index (Phi) is 3.70. The van der Waals surface area contributed by atoms with Gasteiger partial charge >= 0.3 is 0 Å². The van der Waals surface area contributed by atoms with Crippen molar-refractivity contribution in [2.45, 2.75) is 6.42 Å². The first-order chi connectivity index (χ1) is 10.1. The molecule has 0 saturated heterocycles. The molecule has 106 valence electrons. The Labute approximate surface area is 128 Å². The van der Waals surface area contributed by atoms with E-state index in [1.165, 1.54) is 18.2 Å². The van der Waals surface area contributed by atoms with E-state index < -0.39 is 5.82 Å². The van der Waals surface area contributed by atoms with Crippen molar-refractivity contribution < 1.29 is 8.91 Å². The van der Waals surface area contributed by atoms with Crippen LogP contribution in [0.5, 0.6) is 0 Å². The zero-order chi connectivity index (χ0) is 14.8. The molecule has 6 heteroatoms. The van der Waals surface area contributed by atoms with Crippen LogP contribution < -0.4 is 5.73 Å². The van der Waals surface area contributed by atoms with Crippen molar-refractivity contribution >= 4 is 21.6 Å².